The van der Waals surface area contributed by atoms with Gasteiger partial charge in [0.15, 0.2) is 11.6 Å². The molecular weight excluding hydrogens is 231 g/mol. The Labute approximate surface area is 108 Å². The van der Waals surface area contributed by atoms with Crippen LogP contribution in [0.4, 0.5) is 15.8 Å². The number of nitrogen functional groups attached to an aromatic ring is 1. The van der Waals surface area contributed by atoms with E-state index in [-0.39, 0.29) is 5.75 Å². The minimum absolute atomic E-state index is 0.254. The van der Waals surface area contributed by atoms with E-state index in [9.17, 15) is 4.39 Å². The summed E-state index contributed by atoms with van der Waals surface area (Å²) in [4.78, 5) is 2.26. The van der Waals surface area contributed by atoms with Gasteiger partial charge in [-0.1, -0.05) is 6.92 Å². The van der Waals surface area contributed by atoms with E-state index in [0.29, 0.717) is 17.6 Å². The Balaban J connectivity index is 2.36. The maximum absolute atomic E-state index is 13.5. The zero-order valence-electron chi connectivity index (χ0n) is 11.2. The molecule has 3 nitrogen and oxygen atoms in total. The lowest BCUT2D eigenvalue weighted by atomic mass is 9.94. The van der Waals surface area contributed by atoms with Gasteiger partial charge < -0.3 is 15.4 Å². The Morgan fingerprint density at radius 2 is 2.06 bits per heavy atom. The van der Waals surface area contributed by atoms with Gasteiger partial charge in [0.1, 0.15) is 0 Å². The van der Waals surface area contributed by atoms with E-state index in [0.717, 1.165) is 18.7 Å². The van der Waals surface area contributed by atoms with Gasteiger partial charge >= 0.3 is 0 Å². The van der Waals surface area contributed by atoms with Crippen LogP contribution >= 0.6 is 0 Å². The molecule has 2 rings (SSSR count). The number of anilines is 2. The van der Waals surface area contributed by atoms with Gasteiger partial charge in [0.2, 0.25) is 0 Å². The predicted octanol–water partition coefficient (Wildman–Crippen LogP) is 3.04. The Morgan fingerprint density at radius 3 is 2.72 bits per heavy atom. The molecule has 18 heavy (non-hydrogen) atoms. The minimum atomic E-state index is -0.406. The molecule has 0 aromatic heterocycles. The number of nitrogens with two attached hydrogens (primary N) is 1. The van der Waals surface area contributed by atoms with Crippen LogP contribution in [0.25, 0.3) is 0 Å². The highest BCUT2D eigenvalue weighted by atomic mass is 19.1. The number of benzene rings is 1. The molecule has 2 N–H and O–H groups in total. The average Bonchev–Trinajstić information content (AvgIpc) is 2.33. The van der Waals surface area contributed by atoms with Crippen LogP contribution in [0.5, 0.6) is 5.75 Å². The van der Waals surface area contributed by atoms with Crippen molar-refractivity contribution in [3.05, 3.63) is 17.9 Å². The number of hydrogen-bond donors (Lipinski definition) is 1. The second-order valence-corrected chi connectivity index (χ2v) is 5.23. The summed E-state index contributed by atoms with van der Waals surface area (Å²) >= 11 is 0. The zero-order chi connectivity index (χ0) is 13.3. The van der Waals surface area contributed by atoms with Crippen molar-refractivity contribution < 1.29 is 9.13 Å². The third-order valence-electron chi connectivity index (χ3n) is 3.73. The van der Waals surface area contributed by atoms with Gasteiger partial charge in [0.25, 0.3) is 0 Å². The maximum atomic E-state index is 13.5. The van der Waals surface area contributed by atoms with Crippen molar-refractivity contribution in [2.75, 3.05) is 24.3 Å². The van der Waals surface area contributed by atoms with E-state index >= 15 is 0 Å². The van der Waals surface area contributed by atoms with Crippen LogP contribution in [-0.2, 0) is 0 Å². The number of rotatable bonds is 2. The van der Waals surface area contributed by atoms with Crippen LogP contribution in [0.1, 0.15) is 26.7 Å². The quantitative estimate of drug-likeness (QED) is 0.822. The molecule has 1 aromatic rings. The average molecular weight is 252 g/mol. The molecule has 1 aliphatic rings. The number of piperidine rings is 1. The summed E-state index contributed by atoms with van der Waals surface area (Å²) in [6, 6.07) is 3.48. The first kappa shape index (κ1) is 13.0. The fraction of sp³-hybridized carbons (Fsp3) is 0.571. The molecule has 1 aliphatic heterocycles. The van der Waals surface area contributed by atoms with Gasteiger partial charge in [-0.2, -0.15) is 0 Å². The topological polar surface area (TPSA) is 38.5 Å². The molecule has 1 saturated heterocycles. The summed E-state index contributed by atoms with van der Waals surface area (Å²) in [6.45, 7) is 5.37. The highest BCUT2D eigenvalue weighted by Crippen LogP contribution is 2.35. The van der Waals surface area contributed by atoms with Crippen molar-refractivity contribution in [2.24, 2.45) is 5.92 Å². The standard InChI is InChI=1S/C14H21FN2O/c1-9-4-5-10(2)17(8-9)13-7-14(18-3)11(15)6-12(13)16/h6-7,9-10H,4-5,8,16H2,1-3H3. The molecule has 1 heterocycles. The highest BCUT2D eigenvalue weighted by Gasteiger charge is 2.25. The molecule has 0 amide bonds. The zero-order valence-corrected chi connectivity index (χ0v) is 11.2. The lowest BCUT2D eigenvalue weighted by Crippen LogP contribution is -2.41. The fourth-order valence-electron chi connectivity index (χ4n) is 2.59. The first-order valence-electron chi connectivity index (χ1n) is 6.42. The van der Waals surface area contributed by atoms with Crippen molar-refractivity contribution in [1.82, 2.24) is 0 Å². The summed E-state index contributed by atoms with van der Waals surface area (Å²) in [5.41, 5.74) is 7.31. The molecule has 0 saturated carbocycles. The van der Waals surface area contributed by atoms with Crippen LogP contribution < -0.4 is 15.4 Å². The van der Waals surface area contributed by atoms with E-state index in [2.05, 4.69) is 18.7 Å². The molecule has 4 heteroatoms. The van der Waals surface area contributed by atoms with E-state index in [1.807, 2.05) is 0 Å². The molecule has 0 bridgehead atoms. The molecule has 100 valence electrons. The smallest absolute Gasteiger partial charge is 0.167 e. The van der Waals surface area contributed by atoms with Crippen molar-refractivity contribution in [2.45, 2.75) is 32.7 Å². The first-order valence-corrected chi connectivity index (χ1v) is 6.42. The molecule has 0 aliphatic carbocycles. The summed E-state index contributed by atoms with van der Waals surface area (Å²) in [5, 5.41) is 0. The molecule has 1 fully saturated rings. The SMILES string of the molecule is COc1cc(N2CC(C)CCC2C)c(N)cc1F. The van der Waals surface area contributed by atoms with Crippen LogP contribution in [-0.4, -0.2) is 19.7 Å². The molecule has 2 unspecified atom stereocenters. The Bertz CT molecular complexity index is 436. The number of methoxy groups -OCH3 is 1. The number of ether oxygens (including phenoxy) is 1. The summed E-state index contributed by atoms with van der Waals surface area (Å²) in [7, 11) is 1.47. The van der Waals surface area contributed by atoms with Gasteiger partial charge in [-0.15, -0.1) is 0 Å². The van der Waals surface area contributed by atoms with E-state index in [4.69, 9.17) is 10.5 Å². The van der Waals surface area contributed by atoms with Gasteiger partial charge in [-0.25, -0.2) is 4.39 Å². The molecular formula is C14H21FN2O. The van der Waals surface area contributed by atoms with Crippen molar-refractivity contribution in [1.29, 1.82) is 0 Å². The Morgan fingerprint density at radius 1 is 1.33 bits per heavy atom. The monoisotopic (exact) mass is 252 g/mol. The van der Waals surface area contributed by atoms with Crippen molar-refractivity contribution in [3.63, 3.8) is 0 Å². The number of halogens is 1. The number of hydrogen-bond acceptors (Lipinski definition) is 3. The molecule has 0 radical (unpaired) electrons. The predicted molar refractivity (Wildman–Crippen MR) is 72.6 cm³/mol. The molecule has 1 aromatic carbocycles. The summed E-state index contributed by atoms with van der Waals surface area (Å²) in [5.74, 6) is 0.484. The maximum Gasteiger partial charge on any atom is 0.167 e. The summed E-state index contributed by atoms with van der Waals surface area (Å²) < 4.78 is 18.6. The van der Waals surface area contributed by atoms with Crippen LogP contribution in [0.3, 0.4) is 0 Å². The highest BCUT2D eigenvalue weighted by molar-refractivity contribution is 5.70. The minimum Gasteiger partial charge on any atom is -0.494 e. The molecule has 0 spiro atoms. The van der Waals surface area contributed by atoms with E-state index < -0.39 is 5.82 Å². The second-order valence-electron chi connectivity index (χ2n) is 5.23. The van der Waals surface area contributed by atoms with Gasteiger partial charge in [0.05, 0.1) is 18.5 Å². The largest absolute Gasteiger partial charge is 0.494 e. The second kappa shape index (κ2) is 5.04. The van der Waals surface area contributed by atoms with Crippen LogP contribution in [0.15, 0.2) is 12.1 Å². The lowest BCUT2D eigenvalue weighted by molar-refractivity contribution is 0.380. The van der Waals surface area contributed by atoms with E-state index in [1.165, 1.54) is 19.6 Å². The molecule has 2 atom stereocenters. The number of nitrogens with zero attached hydrogens (tertiary/aromatic N) is 1. The fourth-order valence-corrected chi connectivity index (χ4v) is 2.59. The normalized spacial score (nSPS) is 24.1. The Kier molecular flexibility index (Phi) is 3.64. The third-order valence-corrected chi connectivity index (χ3v) is 3.73. The summed E-state index contributed by atoms with van der Waals surface area (Å²) in [6.07, 6.45) is 2.37. The van der Waals surface area contributed by atoms with E-state index in [1.54, 1.807) is 6.07 Å². The third kappa shape index (κ3) is 2.37. The van der Waals surface area contributed by atoms with Gasteiger partial charge in [-0.05, 0) is 25.7 Å². The van der Waals surface area contributed by atoms with Crippen molar-refractivity contribution >= 4 is 11.4 Å². The van der Waals surface area contributed by atoms with Crippen LogP contribution in [0, 0.1) is 11.7 Å². The van der Waals surface area contributed by atoms with Gasteiger partial charge in [-0.3, -0.25) is 0 Å². The Hall–Kier alpha value is -1.45. The van der Waals surface area contributed by atoms with Gasteiger partial charge in [0, 0.05) is 24.7 Å². The first-order chi connectivity index (χ1) is 8.52. The van der Waals surface area contributed by atoms with Crippen molar-refractivity contribution in [3.8, 4) is 5.75 Å². The lowest BCUT2D eigenvalue weighted by Gasteiger charge is -2.39. The van der Waals surface area contributed by atoms with Crippen LogP contribution in [0.2, 0.25) is 0 Å².